The molecule has 5 heteroatoms. The molecule has 0 bridgehead atoms. The first-order valence-electron chi connectivity index (χ1n) is 3.70. The molecule has 1 saturated heterocycles. The summed E-state index contributed by atoms with van der Waals surface area (Å²) in [7, 11) is 0. The van der Waals surface area contributed by atoms with Gasteiger partial charge in [-0.3, -0.25) is 4.21 Å². The first kappa shape index (κ1) is 9.12. The van der Waals surface area contributed by atoms with Gasteiger partial charge in [-0.05, 0) is 6.42 Å². The molecule has 0 aliphatic carbocycles. The molecule has 0 amide bonds. The van der Waals surface area contributed by atoms with Crippen molar-refractivity contribution in [2.24, 2.45) is 0 Å². The Balaban J connectivity index is 2.39. The Bertz CT molecular complexity index is 153. The Labute approximate surface area is 68.9 Å². The molecule has 0 saturated carbocycles. The van der Waals surface area contributed by atoms with Crippen LogP contribution < -0.4 is 0 Å². The summed E-state index contributed by atoms with van der Waals surface area (Å²) in [5.74, 6) is 0. The lowest BCUT2D eigenvalue weighted by atomic mass is 10.2. The predicted molar refractivity (Wildman–Crippen MR) is 40.5 cm³/mol. The molecule has 0 N–H and O–H groups in total. The van der Waals surface area contributed by atoms with Crippen LogP contribution in [0.1, 0.15) is 13.3 Å². The van der Waals surface area contributed by atoms with Gasteiger partial charge in [-0.25, -0.2) is 4.31 Å². The van der Waals surface area contributed by atoms with Crippen LogP contribution in [0.15, 0.2) is 0 Å². The third-order valence-electron chi connectivity index (χ3n) is 1.77. The molecule has 0 aromatic heterocycles. The van der Waals surface area contributed by atoms with E-state index in [9.17, 15) is 8.76 Å². The maximum Gasteiger partial charge on any atom is 0.0709 e. The van der Waals surface area contributed by atoms with Crippen molar-refractivity contribution in [3.8, 4) is 0 Å². The van der Waals surface area contributed by atoms with Gasteiger partial charge in [-0.15, -0.1) is 0 Å². The van der Waals surface area contributed by atoms with Crippen LogP contribution in [0.2, 0.25) is 0 Å². The van der Waals surface area contributed by atoms with Gasteiger partial charge in [0, 0.05) is 24.4 Å². The van der Waals surface area contributed by atoms with Gasteiger partial charge in [0.2, 0.25) is 0 Å². The van der Waals surface area contributed by atoms with Gasteiger partial charge in [0.1, 0.15) is 0 Å². The Morgan fingerprint density at radius 2 is 2.55 bits per heavy atom. The molecule has 11 heavy (non-hydrogen) atoms. The number of hydrogen-bond donors (Lipinski definition) is 0. The Morgan fingerprint density at radius 1 is 1.82 bits per heavy atom. The lowest BCUT2D eigenvalue weighted by Crippen LogP contribution is -2.42. The number of morpholine rings is 1. The zero-order chi connectivity index (χ0) is 8.27. The number of ether oxygens (including phenoxy) is 1. The van der Waals surface area contributed by atoms with Crippen molar-refractivity contribution < 1.29 is 13.5 Å². The Kier molecular flexibility index (Phi) is 3.45. The molecular weight excluding hydrogens is 166 g/mol. The first-order valence-corrected chi connectivity index (χ1v) is 4.73. The third-order valence-corrected chi connectivity index (χ3v) is 2.52. The highest BCUT2D eigenvalue weighted by atomic mass is 32.2. The highest BCUT2D eigenvalue weighted by Crippen LogP contribution is 2.08. The van der Waals surface area contributed by atoms with E-state index >= 15 is 0 Å². The lowest BCUT2D eigenvalue weighted by molar-refractivity contribution is -0.00331. The minimum Gasteiger partial charge on any atom is -0.760 e. The van der Waals surface area contributed by atoms with Crippen LogP contribution in [0.3, 0.4) is 0 Å². The van der Waals surface area contributed by atoms with Crippen molar-refractivity contribution in [3.05, 3.63) is 0 Å². The summed E-state index contributed by atoms with van der Waals surface area (Å²) in [6.07, 6.45) is 0.954. The maximum atomic E-state index is 10.5. The van der Waals surface area contributed by atoms with Gasteiger partial charge in [0.05, 0.1) is 12.7 Å². The summed E-state index contributed by atoms with van der Waals surface area (Å²) in [5.41, 5.74) is 0. The molecule has 1 fully saturated rings. The monoisotopic (exact) mass is 178 g/mol. The Morgan fingerprint density at radius 3 is 3.09 bits per heavy atom. The van der Waals surface area contributed by atoms with E-state index in [0.29, 0.717) is 19.7 Å². The summed E-state index contributed by atoms with van der Waals surface area (Å²) in [6.45, 7) is 3.51. The van der Waals surface area contributed by atoms with Gasteiger partial charge in [0.25, 0.3) is 0 Å². The van der Waals surface area contributed by atoms with Crippen LogP contribution in [-0.4, -0.2) is 38.9 Å². The largest absolute Gasteiger partial charge is 0.760 e. The molecule has 1 heterocycles. The quantitative estimate of drug-likeness (QED) is 0.554. The van der Waals surface area contributed by atoms with Crippen LogP contribution in [0.5, 0.6) is 0 Å². The van der Waals surface area contributed by atoms with Crippen molar-refractivity contribution in [2.45, 2.75) is 19.4 Å². The van der Waals surface area contributed by atoms with E-state index in [1.807, 2.05) is 6.92 Å². The summed E-state index contributed by atoms with van der Waals surface area (Å²) in [4.78, 5) is 0. The second-order valence-electron chi connectivity index (χ2n) is 2.51. The minimum atomic E-state index is -2.07. The third kappa shape index (κ3) is 2.52. The fraction of sp³-hybridized carbons (Fsp3) is 1.00. The molecule has 2 unspecified atom stereocenters. The Hall–Kier alpha value is 0.0300. The van der Waals surface area contributed by atoms with Crippen molar-refractivity contribution in [3.63, 3.8) is 0 Å². The maximum absolute atomic E-state index is 10.5. The van der Waals surface area contributed by atoms with Crippen molar-refractivity contribution in [1.82, 2.24) is 4.31 Å². The van der Waals surface area contributed by atoms with E-state index < -0.39 is 11.3 Å². The van der Waals surface area contributed by atoms with Crippen LogP contribution in [-0.2, 0) is 16.0 Å². The average molecular weight is 178 g/mol. The highest BCUT2D eigenvalue weighted by molar-refractivity contribution is 7.76. The second-order valence-corrected chi connectivity index (χ2v) is 3.46. The molecule has 66 valence electrons. The van der Waals surface area contributed by atoms with Gasteiger partial charge in [-0.2, -0.15) is 0 Å². The molecule has 0 aromatic rings. The van der Waals surface area contributed by atoms with E-state index in [2.05, 4.69) is 0 Å². The number of rotatable bonds is 2. The van der Waals surface area contributed by atoms with Crippen LogP contribution in [0.4, 0.5) is 0 Å². The average Bonchev–Trinajstić information content (AvgIpc) is 2.05. The van der Waals surface area contributed by atoms with Gasteiger partial charge in [0.15, 0.2) is 0 Å². The number of hydrogen-bond acceptors (Lipinski definition) is 3. The van der Waals surface area contributed by atoms with E-state index in [0.717, 1.165) is 6.42 Å². The van der Waals surface area contributed by atoms with Gasteiger partial charge >= 0.3 is 0 Å². The lowest BCUT2D eigenvalue weighted by Gasteiger charge is -2.33. The van der Waals surface area contributed by atoms with Gasteiger partial charge in [-0.1, -0.05) is 6.92 Å². The van der Waals surface area contributed by atoms with Crippen LogP contribution in [0.25, 0.3) is 0 Å². The van der Waals surface area contributed by atoms with E-state index in [4.69, 9.17) is 4.74 Å². The van der Waals surface area contributed by atoms with E-state index in [1.165, 1.54) is 4.31 Å². The summed E-state index contributed by atoms with van der Waals surface area (Å²) >= 11 is -2.07. The fourth-order valence-electron chi connectivity index (χ4n) is 1.07. The van der Waals surface area contributed by atoms with Crippen molar-refractivity contribution in [1.29, 1.82) is 0 Å². The molecular formula is C6H12NO3S-. The summed E-state index contributed by atoms with van der Waals surface area (Å²) in [6, 6.07) is 0. The topological polar surface area (TPSA) is 52.6 Å². The smallest absolute Gasteiger partial charge is 0.0709 e. The molecule has 2 atom stereocenters. The van der Waals surface area contributed by atoms with Crippen molar-refractivity contribution in [2.75, 3.05) is 19.7 Å². The highest BCUT2D eigenvalue weighted by Gasteiger charge is 2.18. The molecule has 4 nitrogen and oxygen atoms in total. The minimum absolute atomic E-state index is 0.0849. The van der Waals surface area contributed by atoms with Crippen LogP contribution >= 0.6 is 0 Å². The zero-order valence-electron chi connectivity index (χ0n) is 6.49. The summed E-state index contributed by atoms with van der Waals surface area (Å²) in [5, 5.41) is 0. The zero-order valence-corrected chi connectivity index (χ0v) is 7.30. The molecule has 0 aromatic carbocycles. The molecule has 1 aliphatic rings. The van der Waals surface area contributed by atoms with E-state index in [-0.39, 0.29) is 6.10 Å². The van der Waals surface area contributed by atoms with E-state index in [1.54, 1.807) is 0 Å². The normalized spacial score (nSPS) is 30.2. The standard InChI is InChI=1S/C6H13NO3S/c1-2-6-5-7(11(8)9)3-4-10-6/h6H,2-5H2,1H3,(H,8,9)/p-1. The van der Waals surface area contributed by atoms with Gasteiger partial charge < -0.3 is 9.29 Å². The molecule has 1 aliphatic heterocycles. The number of nitrogens with zero attached hydrogens (tertiary/aromatic N) is 1. The molecule has 0 spiro atoms. The first-order chi connectivity index (χ1) is 5.24. The van der Waals surface area contributed by atoms with Crippen molar-refractivity contribution >= 4 is 11.3 Å². The second kappa shape index (κ2) is 4.15. The summed E-state index contributed by atoms with van der Waals surface area (Å²) < 4.78 is 27.7. The SMILES string of the molecule is CCC1CN(S(=O)[O-])CCO1. The fourth-order valence-corrected chi connectivity index (χ4v) is 1.59. The van der Waals surface area contributed by atoms with Crippen LogP contribution in [0, 0.1) is 0 Å². The predicted octanol–water partition coefficient (Wildman–Crippen LogP) is -0.109. The molecule has 0 radical (unpaired) electrons. The molecule has 1 rings (SSSR count).